The van der Waals surface area contributed by atoms with E-state index in [1.54, 1.807) is 12.1 Å². The van der Waals surface area contributed by atoms with Gasteiger partial charge in [0.1, 0.15) is 0 Å². The molecule has 2 rings (SSSR count). The minimum atomic E-state index is -0.204. The Morgan fingerprint density at radius 2 is 2.17 bits per heavy atom. The highest BCUT2D eigenvalue weighted by molar-refractivity contribution is 7.99. The maximum atomic E-state index is 12.0. The van der Waals surface area contributed by atoms with Crippen molar-refractivity contribution < 1.29 is 4.79 Å². The number of aryl methyl sites for hydroxylation is 2. The number of benzene rings is 1. The largest absolute Gasteiger partial charge is 0.324 e. The van der Waals surface area contributed by atoms with Gasteiger partial charge >= 0.3 is 0 Å². The van der Waals surface area contributed by atoms with Crippen molar-refractivity contribution in [1.82, 2.24) is 9.97 Å². The predicted octanol–water partition coefficient (Wildman–Crippen LogP) is 3.42. The summed E-state index contributed by atoms with van der Waals surface area (Å²) in [6, 6.07) is 6.92. The van der Waals surface area contributed by atoms with Gasteiger partial charge in [0.15, 0.2) is 5.16 Å². The number of hydrogen-bond acceptors (Lipinski definition) is 4. The van der Waals surface area contributed by atoms with Crippen LogP contribution in [-0.2, 0) is 11.2 Å². The van der Waals surface area contributed by atoms with E-state index in [4.69, 9.17) is 11.6 Å². The summed E-state index contributed by atoms with van der Waals surface area (Å²) in [5.74, 6) is -0.0628. The molecule has 5 nitrogen and oxygen atoms in total. The van der Waals surface area contributed by atoms with E-state index in [1.807, 2.05) is 19.9 Å². The molecular formula is C16H18ClN3O2S. The van der Waals surface area contributed by atoms with Gasteiger partial charge in [-0.25, -0.2) is 4.98 Å². The Balaban J connectivity index is 1.97. The molecule has 1 heterocycles. The number of carbonyl (C=O) groups is 1. The molecule has 1 aromatic heterocycles. The van der Waals surface area contributed by atoms with Gasteiger partial charge in [0.05, 0.1) is 16.5 Å². The van der Waals surface area contributed by atoms with Gasteiger partial charge < -0.3 is 10.3 Å². The van der Waals surface area contributed by atoms with Crippen molar-refractivity contribution in [2.45, 2.75) is 31.8 Å². The van der Waals surface area contributed by atoms with E-state index in [9.17, 15) is 9.59 Å². The van der Waals surface area contributed by atoms with Crippen molar-refractivity contribution in [3.8, 4) is 0 Å². The first-order valence-corrected chi connectivity index (χ1v) is 8.63. The normalized spacial score (nSPS) is 10.6. The maximum Gasteiger partial charge on any atom is 0.251 e. The molecule has 0 radical (unpaired) electrons. The molecule has 0 unspecified atom stereocenters. The van der Waals surface area contributed by atoms with Crippen molar-refractivity contribution in [2.24, 2.45) is 0 Å². The van der Waals surface area contributed by atoms with E-state index >= 15 is 0 Å². The molecule has 7 heteroatoms. The number of hydrogen-bond donors (Lipinski definition) is 2. The van der Waals surface area contributed by atoms with Gasteiger partial charge in [0, 0.05) is 11.8 Å². The number of nitrogens with one attached hydrogen (secondary N) is 2. The molecule has 122 valence electrons. The second kappa shape index (κ2) is 8.17. The third kappa shape index (κ3) is 5.41. The van der Waals surface area contributed by atoms with Crippen LogP contribution in [0.1, 0.15) is 24.6 Å². The molecule has 0 saturated heterocycles. The quantitative estimate of drug-likeness (QED) is 0.617. The monoisotopic (exact) mass is 351 g/mol. The first kappa shape index (κ1) is 17.6. The van der Waals surface area contributed by atoms with Crippen LogP contribution in [0.15, 0.2) is 34.2 Å². The highest BCUT2D eigenvalue weighted by atomic mass is 35.5. The lowest BCUT2D eigenvalue weighted by molar-refractivity contribution is -0.113. The van der Waals surface area contributed by atoms with Gasteiger partial charge in [-0.05, 0) is 31.0 Å². The number of halogens is 1. The SMILES string of the molecule is CCCc1cc(=O)[nH]c(SCC(=O)Nc2ccc(C)cc2Cl)n1. The van der Waals surface area contributed by atoms with E-state index < -0.39 is 0 Å². The standard InChI is InChI=1S/C16H18ClN3O2S/c1-3-4-11-8-14(21)20-16(18-11)23-9-15(22)19-13-6-5-10(2)7-12(13)17/h5-8H,3-4,9H2,1-2H3,(H,19,22)(H,18,20,21). The highest BCUT2D eigenvalue weighted by Crippen LogP contribution is 2.23. The van der Waals surface area contributed by atoms with Crippen LogP contribution in [0.3, 0.4) is 0 Å². The number of amides is 1. The topological polar surface area (TPSA) is 74.8 Å². The van der Waals surface area contributed by atoms with E-state index in [0.29, 0.717) is 15.9 Å². The lowest BCUT2D eigenvalue weighted by Crippen LogP contribution is -2.16. The fourth-order valence-electron chi connectivity index (χ4n) is 1.98. The summed E-state index contributed by atoms with van der Waals surface area (Å²) in [5, 5.41) is 3.70. The van der Waals surface area contributed by atoms with Crippen molar-refractivity contribution in [1.29, 1.82) is 0 Å². The zero-order chi connectivity index (χ0) is 16.8. The minimum absolute atomic E-state index is 0.142. The molecule has 2 aromatic rings. The van der Waals surface area contributed by atoms with Crippen LogP contribution in [-0.4, -0.2) is 21.6 Å². The first-order valence-electron chi connectivity index (χ1n) is 7.27. The zero-order valence-corrected chi connectivity index (χ0v) is 14.6. The number of rotatable bonds is 6. The van der Waals surface area contributed by atoms with Crippen molar-refractivity contribution in [3.05, 3.63) is 50.9 Å². The molecule has 0 saturated carbocycles. The number of aromatic amines is 1. The van der Waals surface area contributed by atoms with Crippen molar-refractivity contribution in [3.63, 3.8) is 0 Å². The molecule has 0 atom stereocenters. The summed E-state index contributed by atoms with van der Waals surface area (Å²) in [7, 11) is 0. The fraction of sp³-hybridized carbons (Fsp3) is 0.312. The number of thioether (sulfide) groups is 1. The summed E-state index contributed by atoms with van der Waals surface area (Å²) >= 11 is 7.27. The molecule has 0 spiro atoms. The van der Waals surface area contributed by atoms with Crippen molar-refractivity contribution >= 4 is 35.0 Å². The average Bonchev–Trinajstić information content (AvgIpc) is 2.48. The van der Waals surface area contributed by atoms with Crippen LogP contribution in [0, 0.1) is 6.92 Å². The smallest absolute Gasteiger partial charge is 0.251 e. The lowest BCUT2D eigenvalue weighted by atomic mass is 10.2. The molecule has 1 amide bonds. The van der Waals surface area contributed by atoms with Crippen molar-refractivity contribution in [2.75, 3.05) is 11.1 Å². The summed E-state index contributed by atoms with van der Waals surface area (Å²) < 4.78 is 0. The van der Waals surface area contributed by atoms with Gasteiger partial charge in [-0.1, -0.05) is 42.8 Å². The Kier molecular flexibility index (Phi) is 6.24. The highest BCUT2D eigenvalue weighted by Gasteiger charge is 2.09. The van der Waals surface area contributed by atoms with Crippen LogP contribution < -0.4 is 10.9 Å². The van der Waals surface area contributed by atoms with Gasteiger partial charge in [-0.3, -0.25) is 9.59 Å². The third-order valence-corrected chi connectivity index (χ3v) is 4.20. The Morgan fingerprint density at radius 3 is 2.87 bits per heavy atom. The molecule has 0 fully saturated rings. The molecule has 0 aliphatic rings. The van der Waals surface area contributed by atoms with E-state index in [-0.39, 0.29) is 17.2 Å². The lowest BCUT2D eigenvalue weighted by Gasteiger charge is -2.08. The molecule has 0 bridgehead atoms. The second-order valence-electron chi connectivity index (χ2n) is 5.11. The second-order valence-corrected chi connectivity index (χ2v) is 6.48. The van der Waals surface area contributed by atoms with E-state index in [1.165, 1.54) is 17.8 Å². The van der Waals surface area contributed by atoms with Gasteiger partial charge in [0.25, 0.3) is 5.56 Å². The Morgan fingerprint density at radius 1 is 1.39 bits per heavy atom. The summed E-state index contributed by atoms with van der Waals surface area (Å²) in [6.07, 6.45) is 1.65. The Hall–Kier alpha value is -1.79. The fourth-order valence-corrected chi connectivity index (χ4v) is 2.95. The number of carbonyl (C=O) groups excluding carboxylic acids is 1. The number of nitrogens with zero attached hydrogens (tertiary/aromatic N) is 1. The average molecular weight is 352 g/mol. The number of anilines is 1. The van der Waals surface area contributed by atoms with Gasteiger partial charge in [0.2, 0.25) is 5.91 Å². The summed E-state index contributed by atoms with van der Waals surface area (Å²) in [4.78, 5) is 30.5. The molecule has 0 aliphatic carbocycles. The minimum Gasteiger partial charge on any atom is -0.324 e. The Bertz CT molecular complexity index is 761. The van der Waals surface area contributed by atoms with Crippen LogP contribution in [0.4, 0.5) is 5.69 Å². The predicted molar refractivity (Wildman–Crippen MR) is 94.4 cm³/mol. The number of aromatic nitrogens is 2. The Labute approximate surface area is 143 Å². The van der Waals surface area contributed by atoms with Crippen LogP contribution in [0.2, 0.25) is 5.02 Å². The molecule has 0 aliphatic heterocycles. The van der Waals surface area contributed by atoms with E-state index in [0.717, 1.165) is 24.1 Å². The van der Waals surface area contributed by atoms with Gasteiger partial charge in [-0.2, -0.15) is 0 Å². The van der Waals surface area contributed by atoms with Crippen LogP contribution in [0.25, 0.3) is 0 Å². The zero-order valence-electron chi connectivity index (χ0n) is 13.0. The van der Waals surface area contributed by atoms with Crippen LogP contribution in [0.5, 0.6) is 0 Å². The van der Waals surface area contributed by atoms with E-state index in [2.05, 4.69) is 15.3 Å². The first-order chi connectivity index (χ1) is 11.0. The molecule has 1 aromatic carbocycles. The summed E-state index contributed by atoms with van der Waals surface area (Å²) in [6.45, 7) is 3.95. The molecular weight excluding hydrogens is 334 g/mol. The molecule has 23 heavy (non-hydrogen) atoms. The third-order valence-electron chi connectivity index (χ3n) is 3.02. The summed E-state index contributed by atoms with van der Waals surface area (Å²) in [5.41, 5.74) is 2.13. The molecule has 2 N–H and O–H groups in total. The maximum absolute atomic E-state index is 12.0. The number of H-pyrrole nitrogens is 1. The van der Waals surface area contributed by atoms with Gasteiger partial charge in [-0.15, -0.1) is 0 Å². The van der Waals surface area contributed by atoms with Crippen LogP contribution >= 0.6 is 23.4 Å².